The number of fused-ring (bicyclic) bond motifs is 1. The maximum absolute atomic E-state index is 12.5. The van der Waals surface area contributed by atoms with Gasteiger partial charge in [-0.1, -0.05) is 12.1 Å². The molecule has 0 aliphatic rings. The SMILES string of the molecule is O=C([O-])COc1c(-c2ccc(Br)o2)oc2ccccc2c1=O. The predicted octanol–water partition coefficient (Wildman–Crippen LogP) is 1.94. The largest absolute Gasteiger partial charge is 0.546 e. The van der Waals surface area contributed by atoms with Crippen LogP contribution in [0.4, 0.5) is 0 Å². The molecule has 0 atom stereocenters. The van der Waals surface area contributed by atoms with E-state index in [2.05, 4.69) is 15.9 Å². The molecule has 2 heterocycles. The van der Waals surface area contributed by atoms with E-state index in [-0.39, 0.29) is 22.7 Å². The van der Waals surface area contributed by atoms with Crippen LogP contribution in [0.25, 0.3) is 22.5 Å². The molecule has 2 aromatic heterocycles. The molecular formula is C15H8BrO6-. The van der Waals surface area contributed by atoms with E-state index in [1.165, 1.54) is 0 Å². The summed E-state index contributed by atoms with van der Waals surface area (Å²) in [6.45, 7) is -0.766. The molecule has 1 aromatic carbocycles. The number of carboxylic acid groups (broad SMARTS) is 1. The zero-order valence-electron chi connectivity index (χ0n) is 11.0. The molecule has 0 amide bonds. The maximum atomic E-state index is 12.5. The summed E-state index contributed by atoms with van der Waals surface area (Å²) in [5.41, 5.74) is -0.138. The zero-order valence-corrected chi connectivity index (χ0v) is 12.6. The van der Waals surface area contributed by atoms with E-state index in [9.17, 15) is 14.7 Å². The van der Waals surface area contributed by atoms with Gasteiger partial charge in [0.25, 0.3) is 0 Å². The molecule has 0 fully saturated rings. The first-order valence-electron chi connectivity index (χ1n) is 6.20. The van der Waals surface area contributed by atoms with Crippen molar-refractivity contribution in [2.45, 2.75) is 0 Å². The van der Waals surface area contributed by atoms with Crippen molar-refractivity contribution in [2.75, 3.05) is 6.61 Å². The van der Waals surface area contributed by atoms with Crippen molar-refractivity contribution in [1.29, 1.82) is 0 Å². The average Bonchev–Trinajstić information content (AvgIpc) is 2.92. The summed E-state index contributed by atoms with van der Waals surface area (Å²) in [6, 6.07) is 9.77. The third kappa shape index (κ3) is 2.62. The third-order valence-electron chi connectivity index (χ3n) is 2.89. The van der Waals surface area contributed by atoms with E-state index in [1.807, 2.05) is 0 Å². The van der Waals surface area contributed by atoms with Gasteiger partial charge in [-0.25, -0.2) is 0 Å². The number of furan rings is 1. The topological polar surface area (TPSA) is 92.7 Å². The molecule has 0 spiro atoms. The summed E-state index contributed by atoms with van der Waals surface area (Å²) >= 11 is 3.15. The molecule has 3 rings (SSSR count). The van der Waals surface area contributed by atoms with Gasteiger partial charge >= 0.3 is 0 Å². The minimum atomic E-state index is -1.45. The number of carboxylic acids is 1. The molecule has 0 unspecified atom stereocenters. The van der Waals surface area contributed by atoms with E-state index in [0.29, 0.717) is 10.3 Å². The summed E-state index contributed by atoms with van der Waals surface area (Å²) in [7, 11) is 0. The Labute approximate surface area is 132 Å². The average molecular weight is 364 g/mol. The van der Waals surface area contributed by atoms with E-state index in [1.54, 1.807) is 36.4 Å². The van der Waals surface area contributed by atoms with Gasteiger partial charge in [-0.05, 0) is 40.2 Å². The normalized spacial score (nSPS) is 10.8. The lowest BCUT2D eigenvalue weighted by atomic mass is 10.2. The van der Waals surface area contributed by atoms with Crippen LogP contribution in [0.15, 0.2) is 54.7 Å². The highest BCUT2D eigenvalue weighted by molar-refractivity contribution is 9.10. The fraction of sp³-hybridized carbons (Fsp3) is 0.0667. The van der Waals surface area contributed by atoms with Crippen molar-refractivity contribution >= 4 is 32.9 Å². The molecule has 3 aromatic rings. The number of carbonyl (C=O) groups excluding carboxylic acids is 1. The van der Waals surface area contributed by atoms with Crippen LogP contribution in [0.1, 0.15) is 0 Å². The Morgan fingerprint density at radius 2 is 1.95 bits per heavy atom. The molecule has 0 bridgehead atoms. The first-order chi connectivity index (χ1) is 10.6. The third-order valence-corrected chi connectivity index (χ3v) is 3.31. The van der Waals surface area contributed by atoms with Crippen molar-refractivity contribution in [3.63, 3.8) is 0 Å². The quantitative estimate of drug-likeness (QED) is 0.703. The van der Waals surface area contributed by atoms with E-state index >= 15 is 0 Å². The highest BCUT2D eigenvalue weighted by atomic mass is 79.9. The first kappa shape index (κ1) is 14.4. The molecule has 22 heavy (non-hydrogen) atoms. The number of carbonyl (C=O) groups is 1. The highest BCUT2D eigenvalue weighted by Gasteiger charge is 2.20. The van der Waals surface area contributed by atoms with Crippen LogP contribution in [0.3, 0.4) is 0 Å². The summed E-state index contributed by atoms with van der Waals surface area (Å²) in [5, 5.41) is 10.9. The lowest BCUT2D eigenvalue weighted by molar-refractivity contribution is -0.307. The van der Waals surface area contributed by atoms with Crippen molar-refractivity contribution in [2.24, 2.45) is 0 Å². The van der Waals surface area contributed by atoms with Crippen LogP contribution in [-0.4, -0.2) is 12.6 Å². The predicted molar refractivity (Wildman–Crippen MR) is 78.4 cm³/mol. The summed E-state index contributed by atoms with van der Waals surface area (Å²) < 4.78 is 16.5. The number of rotatable bonds is 4. The lowest BCUT2D eigenvalue weighted by Gasteiger charge is -2.10. The zero-order chi connectivity index (χ0) is 15.7. The second-order valence-corrected chi connectivity index (χ2v) is 5.13. The van der Waals surface area contributed by atoms with E-state index < -0.39 is 18.0 Å². The fourth-order valence-corrected chi connectivity index (χ4v) is 2.29. The molecule has 6 nitrogen and oxygen atoms in total. The van der Waals surface area contributed by atoms with Gasteiger partial charge in [-0.3, -0.25) is 4.79 Å². The summed E-state index contributed by atoms with van der Waals surface area (Å²) in [6.07, 6.45) is 0. The van der Waals surface area contributed by atoms with Gasteiger partial charge in [0.1, 0.15) is 12.2 Å². The Bertz CT molecular complexity index is 908. The van der Waals surface area contributed by atoms with Crippen LogP contribution in [0.2, 0.25) is 0 Å². The van der Waals surface area contributed by atoms with Crippen molar-refractivity contribution < 1.29 is 23.5 Å². The van der Waals surface area contributed by atoms with Crippen molar-refractivity contribution in [3.8, 4) is 17.3 Å². The van der Waals surface area contributed by atoms with Gasteiger partial charge in [0.05, 0.1) is 11.4 Å². The van der Waals surface area contributed by atoms with Gasteiger partial charge in [-0.2, -0.15) is 0 Å². The maximum Gasteiger partial charge on any atom is 0.235 e. The molecule has 0 saturated heterocycles. The van der Waals surface area contributed by atoms with Gasteiger partial charge in [-0.15, -0.1) is 0 Å². The number of hydrogen-bond acceptors (Lipinski definition) is 6. The Kier molecular flexibility index (Phi) is 3.72. The monoisotopic (exact) mass is 363 g/mol. The van der Waals surface area contributed by atoms with Crippen molar-refractivity contribution in [3.05, 3.63) is 51.3 Å². The number of hydrogen-bond donors (Lipinski definition) is 0. The molecule has 0 aliphatic heterocycles. The molecule has 0 aliphatic carbocycles. The Hall–Kier alpha value is -2.54. The molecule has 0 radical (unpaired) electrons. The van der Waals surface area contributed by atoms with Gasteiger partial charge < -0.3 is 23.5 Å². The molecule has 0 N–H and O–H groups in total. The Morgan fingerprint density at radius 1 is 1.18 bits per heavy atom. The smallest absolute Gasteiger partial charge is 0.235 e. The summed E-state index contributed by atoms with van der Waals surface area (Å²) in [4.78, 5) is 23.1. The Morgan fingerprint density at radius 3 is 2.64 bits per heavy atom. The fourth-order valence-electron chi connectivity index (χ4n) is 1.99. The Balaban J connectivity index is 2.25. The lowest BCUT2D eigenvalue weighted by Crippen LogP contribution is -2.30. The van der Waals surface area contributed by atoms with Crippen LogP contribution < -0.4 is 15.3 Å². The van der Waals surface area contributed by atoms with Crippen LogP contribution in [-0.2, 0) is 4.79 Å². The van der Waals surface area contributed by atoms with E-state index in [4.69, 9.17) is 13.6 Å². The number of para-hydroxylation sites is 1. The minimum Gasteiger partial charge on any atom is -0.546 e. The molecule has 7 heteroatoms. The number of ether oxygens (including phenoxy) is 1. The van der Waals surface area contributed by atoms with Crippen LogP contribution in [0, 0.1) is 0 Å². The highest BCUT2D eigenvalue weighted by Crippen LogP contribution is 2.33. The minimum absolute atomic E-state index is 0.0238. The van der Waals surface area contributed by atoms with E-state index in [0.717, 1.165) is 0 Å². The van der Waals surface area contributed by atoms with Gasteiger partial charge in [0.2, 0.25) is 16.9 Å². The van der Waals surface area contributed by atoms with Gasteiger partial charge in [0.15, 0.2) is 10.4 Å². The first-order valence-corrected chi connectivity index (χ1v) is 7.00. The van der Waals surface area contributed by atoms with Crippen molar-refractivity contribution in [1.82, 2.24) is 0 Å². The molecule has 112 valence electrons. The number of halogens is 1. The standard InChI is InChI=1S/C15H9BrO6/c16-11-6-5-10(21-11)14-15(20-7-12(17)18)13(19)8-3-1-2-4-9(8)22-14/h1-6H,7H2,(H,17,18)/p-1. The molecular weight excluding hydrogens is 356 g/mol. The second-order valence-electron chi connectivity index (χ2n) is 4.35. The van der Waals surface area contributed by atoms with Crippen LogP contribution in [0.5, 0.6) is 5.75 Å². The van der Waals surface area contributed by atoms with Gasteiger partial charge in [0, 0.05) is 0 Å². The second kappa shape index (κ2) is 5.69. The van der Waals surface area contributed by atoms with Crippen LogP contribution >= 0.6 is 15.9 Å². The number of benzene rings is 1. The number of aliphatic carboxylic acids is 1. The molecule has 0 saturated carbocycles. The summed E-state index contributed by atoms with van der Waals surface area (Å²) in [5.74, 6) is -1.41.